The Morgan fingerprint density at radius 2 is 1.80 bits per heavy atom. The van der Waals surface area contributed by atoms with Crippen LogP contribution in [0.4, 0.5) is 4.79 Å². The molecule has 0 spiro atoms. The van der Waals surface area contributed by atoms with Crippen molar-refractivity contribution in [2.75, 3.05) is 32.8 Å². The largest absolute Gasteiger partial charge is 0.493 e. The van der Waals surface area contributed by atoms with Gasteiger partial charge in [0, 0.05) is 26.2 Å². The van der Waals surface area contributed by atoms with Gasteiger partial charge in [0.05, 0.1) is 18.9 Å². The standard InChI is InChI=1S/C22H33N3O5/c1-22(2,3)30-21(28)24-13-12-23-20(27)17-8-7-14-25(16-17)19(26)11-15-29-18-9-5-4-6-10-18/h4-6,9-10,17H,7-8,11-16H2,1-3H3,(H,23,27)(H,24,28). The topological polar surface area (TPSA) is 97.0 Å². The van der Waals surface area contributed by atoms with Crippen molar-refractivity contribution in [3.8, 4) is 5.75 Å². The first-order chi connectivity index (χ1) is 14.2. The maximum Gasteiger partial charge on any atom is 0.407 e. The second-order valence-electron chi connectivity index (χ2n) is 8.31. The molecule has 1 heterocycles. The minimum absolute atomic E-state index is 0.00461. The van der Waals surface area contributed by atoms with E-state index in [2.05, 4.69) is 10.6 Å². The molecule has 0 aromatic heterocycles. The SMILES string of the molecule is CC(C)(C)OC(=O)NCCNC(=O)C1CCCN(C(=O)CCOc2ccccc2)C1. The van der Waals surface area contributed by atoms with E-state index in [1.54, 1.807) is 25.7 Å². The lowest BCUT2D eigenvalue weighted by Gasteiger charge is -2.32. The number of para-hydroxylation sites is 1. The highest BCUT2D eigenvalue weighted by molar-refractivity contribution is 5.81. The van der Waals surface area contributed by atoms with Gasteiger partial charge in [-0.15, -0.1) is 0 Å². The fourth-order valence-corrected chi connectivity index (χ4v) is 3.16. The summed E-state index contributed by atoms with van der Waals surface area (Å²) in [5, 5.41) is 5.43. The monoisotopic (exact) mass is 419 g/mol. The van der Waals surface area contributed by atoms with Crippen molar-refractivity contribution in [1.82, 2.24) is 15.5 Å². The predicted molar refractivity (Wildman–Crippen MR) is 113 cm³/mol. The second kappa shape index (κ2) is 11.4. The Labute approximate surface area is 178 Å². The molecule has 1 aliphatic rings. The summed E-state index contributed by atoms with van der Waals surface area (Å²) in [5.41, 5.74) is -0.558. The predicted octanol–water partition coefficient (Wildman–Crippen LogP) is 2.34. The highest BCUT2D eigenvalue weighted by Crippen LogP contribution is 2.18. The lowest BCUT2D eigenvalue weighted by Crippen LogP contribution is -2.47. The van der Waals surface area contributed by atoms with E-state index in [1.165, 1.54) is 0 Å². The Morgan fingerprint density at radius 3 is 2.50 bits per heavy atom. The zero-order valence-corrected chi connectivity index (χ0v) is 18.1. The molecule has 1 fully saturated rings. The van der Waals surface area contributed by atoms with Gasteiger partial charge in [-0.1, -0.05) is 18.2 Å². The number of piperidine rings is 1. The van der Waals surface area contributed by atoms with Crippen LogP contribution in [-0.2, 0) is 14.3 Å². The van der Waals surface area contributed by atoms with Gasteiger partial charge in [0.25, 0.3) is 0 Å². The van der Waals surface area contributed by atoms with Gasteiger partial charge in [-0.25, -0.2) is 4.79 Å². The first kappa shape index (κ1) is 23.5. The summed E-state index contributed by atoms with van der Waals surface area (Å²) in [7, 11) is 0. The molecule has 1 saturated heterocycles. The number of hydrogen-bond acceptors (Lipinski definition) is 5. The normalized spacial score (nSPS) is 16.5. The van der Waals surface area contributed by atoms with Crippen LogP contribution in [0.3, 0.4) is 0 Å². The molecule has 0 aliphatic carbocycles. The molecule has 0 saturated carbocycles. The molecule has 166 valence electrons. The molecule has 2 rings (SSSR count). The summed E-state index contributed by atoms with van der Waals surface area (Å²) >= 11 is 0. The van der Waals surface area contributed by atoms with Crippen molar-refractivity contribution in [2.24, 2.45) is 5.92 Å². The van der Waals surface area contributed by atoms with Gasteiger partial charge < -0.3 is 25.0 Å². The van der Waals surface area contributed by atoms with E-state index in [0.29, 0.717) is 26.2 Å². The van der Waals surface area contributed by atoms with Gasteiger partial charge >= 0.3 is 6.09 Å². The van der Waals surface area contributed by atoms with Gasteiger partial charge in [0.15, 0.2) is 0 Å². The molecule has 1 atom stereocenters. The fraction of sp³-hybridized carbons (Fsp3) is 0.591. The van der Waals surface area contributed by atoms with Gasteiger partial charge in [-0.05, 0) is 45.7 Å². The number of likely N-dealkylation sites (tertiary alicyclic amines) is 1. The number of carbonyl (C=O) groups is 3. The van der Waals surface area contributed by atoms with Gasteiger partial charge in [0.2, 0.25) is 11.8 Å². The number of hydrogen-bond donors (Lipinski definition) is 2. The molecular weight excluding hydrogens is 386 g/mol. The zero-order chi connectivity index (χ0) is 22.0. The Morgan fingerprint density at radius 1 is 1.10 bits per heavy atom. The fourth-order valence-electron chi connectivity index (χ4n) is 3.16. The summed E-state index contributed by atoms with van der Waals surface area (Å²) in [6, 6.07) is 9.37. The van der Waals surface area contributed by atoms with Gasteiger partial charge in [-0.3, -0.25) is 9.59 Å². The van der Waals surface area contributed by atoms with Crippen LogP contribution < -0.4 is 15.4 Å². The third kappa shape index (κ3) is 8.71. The quantitative estimate of drug-likeness (QED) is 0.631. The zero-order valence-electron chi connectivity index (χ0n) is 18.1. The molecule has 1 aromatic rings. The highest BCUT2D eigenvalue weighted by Gasteiger charge is 2.28. The maximum atomic E-state index is 12.5. The summed E-state index contributed by atoms with van der Waals surface area (Å²) in [6.07, 6.45) is 1.31. The van der Waals surface area contributed by atoms with Crippen LogP contribution >= 0.6 is 0 Å². The summed E-state index contributed by atoms with van der Waals surface area (Å²) in [4.78, 5) is 38.2. The number of carbonyl (C=O) groups excluding carboxylic acids is 3. The highest BCUT2D eigenvalue weighted by atomic mass is 16.6. The summed E-state index contributed by atoms with van der Waals surface area (Å²) in [5.74, 6) is 0.398. The number of nitrogens with one attached hydrogen (secondary N) is 2. The molecule has 1 aliphatic heterocycles. The Bertz CT molecular complexity index is 702. The minimum atomic E-state index is -0.558. The Hall–Kier alpha value is -2.77. The Balaban J connectivity index is 1.66. The average Bonchev–Trinajstić information content (AvgIpc) is 2.70. The maximum absolute atomic E-state index is 12.5. The van der Waals surface area contributed by atoms with Crippen LogP contribution in [0.2, 0.25) is 0 Å². The third-order valence-electron chi connectivity index (χ3n) is 4.57. The van der Waals surface area contributed by atoms with E-state index in [9.17, 15) is 14.4 Å². The molecule has 30 heavy (non-hydrogen) atoms. The van der Waals surface area contributed by atoms with Gasteiger partial charge in [0.1, 0.15) is 11.4 Å². The first-order valence-corrected chi connectivity index (χ1v) is 10.4. The lowest BCUT2D eigenvalue weighted by molar-refractivity contribution is -0.136. The van der Waals surface area contributed by atoms with Crippen LogP contribution in [0.15, 0.2) is 30.3 Å². The third-order valence-corrected chi connectivity index (χ3v) is 4.57. The van der Waals surface area contributed by atoms with Crippen molar-refractivity contribution >= 4 is 17.9 Å². The molecular formula is C22H33N3O5. The van der Waals surface area contributed by atoms with Crippen molar-refractivity contribution in [2.45, 2.75) is 45.6 Å². The van der Waals surface area contributed by atoms with Crippen molar-refractivity contribution in [3.05, 3.63) is 30.3 Å². The molecule has 3 amide bonds. The smallest absolute Gasteiger partial charge is 0.407 e. The molecule has 8 nitrogen and oxygen atoms in total. The average molecular weight is 420 g/mol. The second-order valence-corrected chi connectivity index (χ2v) is 8.31. The molecule has 1 aromatic carbocycles. The number of rotatable bonds is 8. The van der Waals surface area contributed by atoms with E-state index in [0.717, 1.165) is 18.6 Å². The number of nitrogens with zero attached hydrogens (tertiary/aromatic N) is 1. The van der Waals surface area contributed by atoms with Crippen LogP contribution in [0, 0.1) is 5.92 Å². The van der Waals surface area contributed by atoms with Crippen molar-refractivity contribution < 1.29 is 23.9 Å². The lowest BCUT2D eigenvalue weighted by atomic mass is 9.97. The van der Waals surface area contributed by atoms with Crippen LogP contribution in [0.1, 0.15) is 40.0 Å². The molecule has 2 N–H and O–H groups in total. The van der Waals surface area contributed by atoms with Crippen LogP contribution in [0.5, 0.6) is 5.75 Å². The molecule has 0 radical (unpaired) electrons. The number of ether oxygens (including phenoxy) is 2. The molecule has 0 bridgehead atoms. The molecule has 1 unspecified atom stereocenters. The van der Waals surface area contributed by atoms with Crippen LogP contribution in [0.25, 0.3) is 0 Å². The van der Waals surface area contributed by atoms with Gasteiger partial charge in [-0.2, -0.15) is 0 Å². The van der Waals surface area contributed by atoms with Crippen molar-refractivity contribution in [3.63, 3.8) is 0 Å². The summed E-state index contributed by atoms with van der Waals surface area (Å²) in [6.45, 7) is 7.35. The minimum Gasteiger partial charge on any atom is -0.493 e. The van der Waals surface area contributed by atoms with E-state index in [1.807, 2.05) is 30.3 Å². The van der Waals surface area contributed by atoms with E-state index >= 15 is 0 Å². The van der Waals surface area contributed by atoms with Crippen molar-refractivity contribution in [1.29, 1.82) is 0 Å². The summed E-state index contributed by atoms with van der Waals surface area (Å²) < 4.78 is 10.7. The van der Waals surface area contributed by atoms with Crippen LogP contribution in [-0.4, -0.2) is 61.2 Å². The first-order valence-electron chi connectivity index (χ1n) is 10.4. The number of alkyl carbamates (subject to hydrolysis) is 1. The van der Waals surface area contributed by atoms with E-state index in [-0.39, 0.29) is 30.7 Å². The van der Waals surface area contributed by atoms with E-state index in [4.69, 9.17) is 9.47 Å². The Kier molecular flexibility index (Phi) is 8.95. The molecule has 8 heteroatoms. The van der Waals surface area contributed by atoms with E-state index < -0.39 is 11.7 Å². The number of benzene rings is 1. The number of amides is 3.